The van der Waals surface area contributed by atoms with Gasteiger partial charge in [-0.3, -0.25) is 9.35 Å². The van der Waals surface area contributed by atoms with E-state index < -0.39 is 51.0 Å². The molecular weight excluding hydrogens is 494 g/mol. The number of alkyl halides is 4. The zero-order valence-electron chi connectivity index (χ0n) is 16.8. The van der Waals surface area contributed by atoms with E-state index in [1.54, 1.807) is 0 Å². The second-order valence-electron chi connectivity index (χ2n) is 7.17. The molecule has 33 heavy (non-hydrogen) atoms. The molecule has 0 bridgehead atoms. The predicted octanol–water partition coefficient (Wildman–Crippen LogP) is 2.77. The summed E-state index contributed by atoms with van der Waals surface area (Å²) in [5.74, 6) is -2.95. The molecule has 1 fully saturated rings. The van der Waals surface area contributed by atoms with Crippen molar-refractivity contribution in [2.24, 2.45) is 11.7 Å². The third kappa shape index (κ3) is 6.38. The number of nitrogens with zero attached hydrogens (tertiary/aromatic N) is 1. The van der Waals surface area contributed by atoms with Crippen molar-refractivity contribution in [3.63, 3.8) is 0 Å². The Hall–Kier alpha value is -2.32. The fourth-order valence-corrected chi connectivity index (χ4v) is 4.50. The van der Waals surface area contributed by atoms with Gasteiger partial charge in [-0.25, -0.2) is 9.37 Å². The molecule has 3 rings (SSSR count). The van der Waals surface area contributed by atoms with Gasteiger partial charge in [-0.1, -0.05) is 12.1 Å². The van der Waals surface area contributed by atoms with Gasteiger partial charge in [0.15, 0.2) is 11.0 Å². The number of rotatable bonds is 7. The van der Waals surface area contributed by atoms with E-state index in [0.717, 1.165) is 12.1 Å². The first-order chi connectivity index (χ1) is 14.9. The van der Waals surface area contributed by atoms with Crippen molar-refractivity contribution in [1.82, 2.24) is 10.3 Å². The highest BCUT2D eigenvalue weighted by molar-refractivity contribution is 7.87. The van der Waals surface area contributed by atoms with Crippen LogP contribution in [0, 0.1) is 5.92 Å². The molecule has 8 nitrogen and oxygen atoms in total. The number of nitrogens with two attached hydrogens (primary N) is 1. The summed E-state index contributed by atoms with van der Waals surface area (Å²) in [6.07, 6.45) is -6.42. The van der Waals surface area contributed by atoms with Crippen LogP contribution in [0.3, 0.4) is 0 Å². The number of ketones is 1. The van der Waals surface area contributed by atoms with Gasteiger partial charge in [0, 0.05) is 37.2 Å². The minimum atomic E-state index is -4.95. The number of halogens is 5. The van der Waals surface area contributed by atoms with E-state index >= 15 is 0 Å². The van der Waals surface area contributed by atoms with Crippen LogP contribution in [-0.2, 0) is 22.8 Å². The number of hydrogen-bond acceptors (Lipinski definition) is 7. The van der Waals surface area contributed by atoms with Gasteiger partial charge in [0.25, 0.3) is 10.1 Å². The van der Waals surface area contributed by atoms with Crippen LogP contribution in [0.25, 0.3) is 0 Å². The van der Waals surface area contributed by atoms with Crippen LogP contribution in [0.5, 0.6) is 11.6 Å². The molecule has 1 unspecified atom stereocenters. The van der Waals surface area contributed by atoms with Crippen LogP contribution in [0.4, 0.5) is 17.6 Å². The third-order valence-electron chi connectivity index (χ3n) is 4.88. The third-order valence-corrected chi connectivity index (χ3v) is 6.09. The van der Waals surface area contributed by atoms with E-state index in [1.165, 1.54) is 24.3 Å². The first-order valence-electron chi connectivity index (χ1n) is 9.31. The molecule has 0 saturated carbocycles. The van der Waals surface area contributed by atoms with Crippen LogP contribution in [0.1, 0.15) is 21.6 Å². The SMILES string of the molecule is Cl.NCc1cc(Oc2cccc(C(=O)C([C@@H]3CNC[C@@H]3F)S(=O)(=O)O)c2)nc(C(F)(F)F)c1. The fourth-order valence-electron chi connectivity index (χ4n) is 3.39. The lowest BCUT2D eigenvalue weighted by atomic mass is 9.95. The first-order valence-corrected chi connectivity index (χ1v) is 10.8. The Labute approximate surface area is 192 Å². The number of pyridine rings is 1. The topological polar surface area (TPSA) is 132 Å². The summed E-state index contributed by atoms with van der Waals surface area (Å²) in [4.78, 5) is 16.2. The predicted molar refractivity (Wildman–Crippen MR) is 112 cm³/mol. The fraction of sp³-hybridized carbons (Fsp3) is 0.368. The molecule has 1 saturated heterocycles. The number of carbonyl (C=O) groups excluding carboxylic acids is 1. The number of nitrogens with one attached hydrogen (secondary N) is 1. The molecule has 182 valence electrons. The van der Waals surface area contributed by atoms with Gasteiger partial charge in [0.1, 0.15) is 17.6 Å². The van der Waals surface area contributed by atoms with Gasteiger partial charge in [0.05, 0.1) is 0 Å². The zero-order chi connectivity index (χ0) is 23.7. The number of carbonyl (C=O) groups is 1. The molecule has 0 amide bonds. The van der Waals surface area contributed by atoms with Gasteiger partial charge >= 0.3 is 6.18 Å². The van der Waals surface area contributed by atoms with Crippen LogP contribution in [-0.4, -0.2) is 48.2 Å². The van der Waals surface area contributed by atoms with E-state index in [1.807, 2.05) is 0 Å². The Morgan fingerprint density at radius 3 is 2.52 bits per heavy atom. The van der Waals surface area contributed by atoms with Crippen LogP contribution in [0.15, 0.2) is 36.4 Å². The van der Waals surface area contributed by atoms with E-state index in [-0.39, 0.29) is 48.9 Å². The average Bonchev–Trinajstić information content (AvgIpc) is 3.11. The molecular formula is C19H20ClF4N3O5S. The lowest BCUT2D eigenvalue weighted by Gasteiger charge is -2.21. The number of Topliss-reactive ketones (excluding diaryl/α,β-unsaturated/α-hetero) is 1. The number of hydrogen-bond donors (Lipinski definition) is 3. The lowest BCUT2D eigenvalue weighted by molar-refractivity contribution is -0.141. The number of benzene rings is 1. The summed E-state index contributed by atoms with van der Waals surface area (Å²) in [6.45, 7) is -0.516. The van der Waals surface area contributed by atoms with Gasteiger partial charge in [-0.15, -0.1) is 12.4 Å². The minimum Gasteiger partial charge on any atom is -0.439 e. The van der Waals surface area contributed by atoms with E-state index in [4.69, 9.17) is 10.5 Å². The Bertz CT molecular complexity index is 1120. The Morgan fingerprint density at radius 2 is 1.97 bits per heavy atom. The Morgan fingerprint density at radius 1 is 1.27 bits per heavy atom. The number of ether oxygens (including phenoxy) is 1. The van der Waals surface area contributed by atoms with Gasteiger partial charge < -0.3 is 15.8 Å². The highest BCUT2D eigenvalue weighted by Crippen LogP contribution is 2.32. The Balaban J connectivity index is 0.00000385. The smallest absolute Gasteiger partial charge is 0.433 e. The van der Waals surface area contributed by atoms with Gasteiger partial charge in [-0.05, 0) is 23.8 Å². The highest BCUT2D eigenvalue weighted by Gasteiger charge is 2.45. The van der Waals surface area contributed by atoms with Crippen molar-refractivity contribution >= 4 is 28.3 Å². The summed E-state index contributed by atoms with van der Waals surface area (Å²) in [5.41, 5.74) is 4.06. The monoisotopic (exact) mass is 513 g/mol. The van der Waals surface area contributed by atoms with Crippen molar-refractivity contribution in [2.45, 2.75) is 24.1 Å². The summed E-state index contributed by atoms with van der Waals surface area (Å²) < 4.78 is 91.8. The van der Waals surface area contributed by atoms with E-state index in [0.29, 0.717) is 0 Å². The maximum Gasteiger partial charge on any atom is 0.433 e. The summed E-state index contributed by atoms with van der Waals surface area (Å²) >= 11 is 0. The second-order valence-corrected chi connectivity index (χ2v) is 8.71. The Kier molecular flexibility index (Phi) is 8.41. The average molecular weight is 514 g/mol. The molecule has 3 atom stereocenters. The molecule has 0 aliphatic carbocycles. The maximum absolute atomic E-state index is 14.1. The van der Waals surface area contributed by atoms with Crippen molar-refractivity contribution in [3.8, 4) is 11.6 Å². The van der Waals surface area contributed by atoms with E-state index in [2.05, 4.69) is 10.3 Å². The molecule has 2 heterocycles. The molecule has 4 N–H and O–H groups in total. The molecule has 1 aromatic carbocycles. The normalized spacial score (nSPS) is 19.6. The largest absolute Gasteiger partial charge is 0.439 e. The highest BCUT2D eigenvalue weighted by atomic mass is 35.5. The standard InChI is InChI=1S/C19H19F4N3O5S.ClH/c20-14-9-25-8-13(14)18(32(28,29)30)17(27)11-2-1-3-12(6-11)31-16-5-10(7-24)4-15(26-16)19(21,22)23;/h1-6,13-14,18,25H,7-9,24H2,(H,28,29,30);1H/t13-,14+,18?;/m1./s1. The van der Waals surface area contributed by atoms with Gasteiger partial charge in [-0.2, -0.15) is 21.6 Å². The molecule has 2 aromatic rings. The molecule has 0 radical (unpaired) electrons. The van der Waals surface area contributed by atoms with Crippen LogP contribution < -0.4 is 15.8 Å². The van der Waals surface area contributed by atoms with Crippen molar-refractivity contribution in [2.75, 3.05) is 13.1 Å². The summed E-state index contributed by atoms with van der Waals surface area (Å²) in [5, 5.41) is 0.558. The van der Waals surface area contributed by atoms with Gasteiger partial charge in [0.2, 0.25) is 5.88 Å². The van der Waals surface area contributed by atoms with E-state index in [9.17, 15) is 35.3 Å². The molecule has 1 aliphatic heterocycles. The number of aromatic nitrogens is 1. The zero-order valence-corrected chi connectivity index (χ0v) is 18.4. The molecule has 14 heteroatoms. The van der Waals surface area contributed by atoms with Crippen molar-refractivity contribution in [3.05, 3.63) is 53.2 Å². The maximum atomic E-state index is 14.1. The minimum absolute atomic E-state index is 0. The molecule has 1 aliphatic rings. The van der Waals surface area contributed by atoms with Crippen molar-refractivity contribution in [1.29, 1.82) is 0 Å². The lowest BCUT2D eigenvalue weighted by Crippen LogP contribution is -2.41. The quantitative estimate of drug-likeness (QED) is 0.292. The van der Waals surface area contributed by atoms with Crippen LogP contribution in [0.2, 0.25) is 0 Å². The van der Waals surface area contributed by atoms with Crippen molar-refractivity contribution < 1.29 is 40.1 Å². The second kappa shape index (κ2) is 10.3. The first kappa shape index (κ1) is 26.9. The molecule has 1 aromatic heterocycles. The summed E-state index contributed by atoms with van der Waals surface area (Å²) in [7, 11) is -4.95. The van der Waals surface area contributed by atoms with Crippen LogP contribution >= 0.6 is 12.4 Å². The summed E-state index contributed by atoms with van der Waals surface area (Å²) in [6, 6.07) is 6.84. The molecule has 0 spiro atoms.